The lowest BCUT2D eigenvalue weighted by molar-refractivity contribution is 0.625. The van der Waals surface area contributed by atoms with Crippen LogP contribution in [0.2, 0.25) is 0 Å². The molecule has 0 amide bonds. The van der Waals surface area contributed by atoms with Gasteiger partial charge in [0.2, 0.25) is 0 Å². The highest BCUT2D eigenvalue weighted by Crippen LogP contribution is 2.19. The van der Waals surface area contributed by atoms with Crippen molar-refractivity contribution in [2.45, 2.75) is 12.3 Å². The zero-order chi connectivity index (χ0) is 7.56. The van der Waals surface area contributed by atoms with Crippen molar-refractivity contribution in [2.24, 2.45) is 0 Å². The van der Waals surface area contributed by atoms with Crippen LogP contribution < -0.4 is 0 Å². The van der Waals surface area contributed by atoms with Crippen molar-refractivity contribution in [3.63, 3.8) is 0 Å². The Morgan fingerprint density at radius 1 is 1.50 bits per heavy atom. The highest BCUT2D eigenvalue weighted by atomic mass is 35.5. The fourth-order valence-electron chi connectivity index (χ4n) is 0.754. The van der Waals surface area contributed by atoms with Crippen LogP contribution in [0.4, 0.5) is 4.39 Å². The lowest BCUT2D eigenvalue weighted by Gasteiger charge is -2.00. The van der Waals surface area contributed by atoms with Gasteiger partial charge >= 0.3 is 0 Å². The van der Waals surface area contributed by atoms with Gasteiger partial charge in [0, 0.05) is 0 Å². The Balaban J connectivity index is 2.96. The van der Waals surface area contributed by atoms with Crippen molar-refractivity contribution in [1.82, 2.24) is 0 Å². The highest BCUT2D eigenvalue weighted by molar-refractivity contribution is 6.20. The summed E-state index contributed by atoms with van der Waals surface area (Å²) in [5, 5.41) is -0.115. The Bertz CT molecular complexity index is 220. The Labute approximate surface area is 64.6 Å². The van der Waals surface area contributed by atoms with Gasteiger partial charge in [0.05, 0.1) is 5.38 Å². The number of hydrogen-bond acceptors (Lipinski definition) is 0. The molecule has 0 aliphatic heterocycles. The number of rotatable bonds is 1. The Kier molecular flexibility index (Phi) is 2.28. The van der Waals surface area contributed by atoms with Crippen molar-refractivity contribution in [1.29, 1.82) is 0 Å². The molecule has 54 valence electrons. The molecular weight excluding hydrogens is 151 g/mol. The summed E-state index contributed by atoms with van der Waals surface area (Å²) in [7, 11) is 0. The molecule has 0 radical (unpaired) electrons. The maximum atomic E-state index is 12.5. The van der Waals surface area contributed by atoms with E-state index in [9.17, 15) is 4.39 Å². The summed E-state index contributed by atoms with van der Waals surface area (Å²) < 4.78 is 12.5. The fourth-order valence-corrected chi connectivity index (χ4v) is 0.890. The molecule has 0 fully saturated rings. The van der Waals surface area contributed by atoms with Crippen molar-refractivity contribution < 1.29 is 4.39 Å². The first-order chi connectivity index (χ1) is 4.70. The quantitative estimate of drug-likeness (QED) is 0.551. The van der Waals surface area contributed by atoms with Crippen molar-refractivity contribution in [2.75, 3.05) is 0 Å². The van der Waals surface area contributed by atoms with Gasteiger partial charge in [-0.3, -0.25) is 0 Å². The molecule has 2 heteroatoms. The van der Waals surface area contributed by atoms with Gasteiger partial charge in [0.1, 0.15) is 5.82 Å². The summed E-state index contributed by atoms with van der Waals surface area (Å²) in [4.78, 5) is 0. The van der Waals surface area contributed by atoms with Gasteiger partial charge in [-0.2, -0.15) is 0 Å². The van der Waals surface area contributed by atoms with Gasteiger partial charge < -0.3 is 0 Å². The summed E-state index contributed by atoms with van der Waals surface area (Å²) in [6.07, 6.45) is 0. The van der Waals surface area contributed by atoms with Gasteiger partial charge in [-0.15, -0.1) is 11.6 Å². The molecule has 10 heavy (non-hydrogen) atoms. The molecule has 0 saturated heterocycles. The molecule has 1 rings (SSSR count). The monoisotopic (exact) mass is 158 g/mol. The van der Waals surface area contributed by atoms with Gasteiger partial charge in [0.15, 0.2) is 0 Å². The third-order valence-electron chi connectivity index (χ3n) is 1.31. The Hall–Kier alpha value is -0.560. The van der Waals surface area contributed by atoms with Crippen LogP contribution in [0.15, 0.2) is 24.3 Å². The standard InChI is InChI=1S/C8H8ClF/c1-6(9)7-3-2-4-8(10)5-7/h2-6H,1H3. The van der Waals surface area contributed by atoms with E-state index >= 15 is 0 Å². The molecule has 0 nitrogen and oxygen atoms in total. The first-order valence-electron chi connectivity index (χ1n) is 3.09. The second-order valence-corrected chi connectivity index (χ2v) is 2.83. The molecule has 0 aliphatic rings. The minimum atomic E-state index is -0.231. The molecule has 0 aromatic heterocycles. The molecule has 1 aromatic carbocycles. The molecule has 0 aliphatic carbocycles. The van der Waals surface area contributed by atoms with E-state index in [4.69, 9.17) is 11.6 Å². The molecule has 0 spiro atoms. The van der Waals surface area contributed by atoms with E-state index in [1.807, 2.05) is 6.92 Å². The second-order valence-electron chi connectivity index (χ2n) is 2.17. The third kappa shape index (κ3) is 1.71. The van der Waals surface area contributed by atoms with Crippen LogP contribution in [-0.4, -0.2) is 0 Å². The number of halogens is 2. The maximum Gasteiger partial charge on any atom is 0.123 e. The topological polar surface area (TPSA) is 0 Å². The van der Waals surface area contributed by atoms with Crippen LogP contribution in [-0.2, 0) is 0 Å². The van der Waals surface area contributed by atoms with E-state index in [0.717, 1.165) is 5.56 Å². The first-order valence-corrected chi connectivity index (χ1v) is 3.53. The molecule has 0 bridgehead atoms. The largest absolute Gasteiger partial charge is 0.207 e. The van der Waals surface area contributed by atoms with Crippen LogP contribution in [0.1, 0.15) is 17.9 Å². The van der Waals surface area contributed by atoms with E-state index < -0.39 is 0 Å². The van der Waals surface area contributed by atoms with Crippen LogP contribution in [0.25, 0.3) is 0 Å². The maximum absolute atomic E-state index is 12.5. The molecule has 1 atom stereocenters. The number of benzene rings is 1. The van der Waals surface area contributed by atoms with Crippen LogP contribution >= 0.6 is 11.6 Å². The zero-order valence-electron chi connectivity index (χ0n) is 5.64. The second kappa shape index (κ2) is 3.02. The minimum Gasteiger partial charge on any atom is -0.207 e. The van der Waals surface area contributed by atoms with Crippen LogP contribution in [0, 0.1) is 5.82 Å². The highest BCUT2D eigenvalue weighted by Gasteiger charge is 1.99. The van der Waals surface area contributed by atoms with Crippen molar-refractivity contribution in [3.8, 4) is 0 Å². The zero-order valence-corrected chi connectivity index (χ0v) is 6.40. The van der Waals surface area contributed by atoms with E-state index in [1.54, 1.807) is 12.1 Å². The number of alkyl halides is 1. The van der Waals surface area contributed by atoms with Gasteiger partial charge in [-0.05, 0) is 24.6 Å². The SMILES string of the molecule is CC(Cl)c1cccc(F)c1. The molecular formula is C8H8ClF. The average Bonchev–Trinajstić information content (AvgIpc) is 1.88. The predicted octanol–water partition coefficient (Wildman–Crippen LogP) is 3.13. The lowest BCUT2D eigenvalue weighted by Crippen LogP contribution is -1.84. The Morgan fingerprint density at radius 2 is 2.20 bits per heavy atom. The molecule has 0 heterocycles. The van der Waals surface area contributed by atoms with Crippen molar-refractivity contribution >= 4 is 11.6 Å². The molecule has 1 unspecified atom stereocenters. The molecule has 1 aromatic rings. The summed E-state index contributed by atoms with van der Waals surface area (Å²) in [6.45, 7) is 1.82. The average molecular weight is 159 g/mol. The van der Waals surface area contributed by atoms with Crippen LogP contribution in [0.5, 0.6) is 0 Å². The van der Waals surface area contributed by atoms with Gasteiger partial charge in [-0.25, -0.2) is 4.39 Å². The first kappa shape index (κ1) is 7.55. The summed E-state index contributed by atoms with van der Waals surface area (Å²) >= 11 is 5.71. The summed E-state index contributed by atoms with van der Waals surface area (Å²) in [5.74, 6) is -0.231. The van der Waals surface area contributed by atoms with Crippen LogP contribution in [0.3, 0.4) is 0 Å². The van der Waals surface area contributed by atoms with Gasteiger partial charge in [0.25, 0.3) is 0 Å². The van der Waals surface area contributed by atoms with E-state index in [1.165, 1.54) is 12.1 Å². The lowest BCUT2D eigenvalue weighted by atomic mass is 10.2. The van der Waals surface area contributed by atoms with Gasteiger partial charge in [-0.1, -0.05) is 12.1 Å². The predicted molar refractivity (Wildman–Crippen MR) is 40.7 cm³/mol. The van der Waals surface area contributed by atoms with E-state index in [-0.39, 0.29) is 11.2 Å². The summed E-state index contributed by atoms with van der Waals surface area (Å²) in [5.41, 5.74) is 0.821. The smallest absolute Gasteiger partial charge is 0.123 e. The summed E-state index contributed by atoms with van der Waals surface area (Å²) in [6, 6.07) is 6.31. The van der Waals surface area contributed by atoms with Crippen molar-refractivity contribution in [3.05, 3.63) is 35.6 Å². The third-order valence-corrected chi connectivity index (χ3v) is 1.56. The van der Waals surface area contributed by atoms with E-state index in [0.29, 0.717) is 0 Å². The normalized spacial score (nSPS) is 13.1. The molecule has 0 saturated carbocycles. The van der Waals surface area contributed by atoms with E-state index in [2.05, 4.69) is 0 Å². The minimum absolute atomic E-state index is 0.115. The fraction of sp³-hybridized carbons (Fsp3) is 0.250. The molecule has 0 N–H and O–H groups in total. The Morgan fingerprint density at radius 3 is 2.60 bits per heavy atom. The number of hydrogen-bond donors (Lipinski definition) is 0.